The van der Waals surface area contributed by atoms with Crippen molar-refractivity contribution in [2.24, 2.45) is 5.73 Å². The van der Waals surface area contributed by atoms with Gasteiger partial charge < -0.3 is 10.6 Å². The summed E-state index contributed by atoms with van der Waals surface area (Å²) in [6.07, 6.45) is 1.40. The van der Waals surface area contributed by atoms with E-state index in [1.54, 1.807) is 4.90 Å². The average Bonchev–Trinajstić information content (AvgIpc) is 2.48. The van der Waals surface area contributed by atoms with Gasteiger partial charge in [-0.3, -0.25) is 10.1 Å². The Morgan fingerprint density at radius 3 is 2.67 bits per heavy atom. The van der Waals surface area contributed by atoms with Gasteiger partial charge in [0.25, 0.3) is 0 Å². The van der Waals surface area contributed by atoms with E-state index in [0.29, 0.717) is 19.6 Å². The number of halogens is 1. The maximum absolute atomic E-state index is 11.2. The van der Waals surface area contributed by atoms with Crippen LogP contribution in [0.25, 0.3) is 0 Å². The summed E-state index contributed by atoms with van der Waals surface area (Å²) >= 11 is 5.79. The predicted octanol–water partition coefficient (Wildman–Crippen LogP) is 2.61. The summed E-state index contributed by atoms with van der Waals surface area (Å²) in [5, 5.41) is 11.4. The van der Waals surface area contributed by atoms with Gasteiger partial charge in [-0.05, 0) is 5.56 Å². The summed E-state index contributed by atoms with van der Waals surface area (Å²) in [5.41, 5.74) is 6.52. The van der Waals surface area contributed by atoms with Crippen LogP contribution in [-0.4, -0.2) is 23.0 Å². The fourth-order valence-electron chi connectivity index (χ4n) is 2.02. The van der Waals surface area contributed by atoms with Crippen molar-refractivity contribution in [3.8, 4) is 0 Å². The average molecular weight is 307 g/mol. The molecule has 0 saturated heterocycles. The molecule has 110 valence electrons. The fourth-order valence-corrected chi connectivity index (χ4v) is 2.17. The first kappa shape index (κ1) is 15.2. The van der Waals surface area contributed by atoms with Gasteiger partial charge in [-0.15, -0.1) is 0 Å². The third-order valence-corrected chi connectivity index (χ3v) is 3.13. The van der Waals surface area contributed by atoms with Gasteiger partial charge in [-0.2, -0.15) is 0 Å². The van der Waals surface area contributed by atoms with Crippen LogP contribution in [0, 0.1) is 10.1 Å². The molecule has 2 N–H and O–H groups in total. The van der Waals surface area contributed by atoms with Crippen LogP contribution in [0.15, 0.2) is 42.6 Å². The van der Waals surface area contributed by atoms with Crippen LogP contribution in [0.4, 0.5) is 11.5 Å². The van der Waals surface area contributed by atoms with E-state index in [1.807, 2.05) is 30.3 Å². The van der Waals surface area contributed by atoms with Gasteiger partial charge in [0.15, 0.2) is 0 Å². The Labute approximate surface area is 127 Å². The highest BCUT2D eigenvalue weighted by molar-refractivity contribution is 6.30. The zero-order valence-electron chi connectivity index (χ0n) is 11.3. The fraction of sp³-hybridized carbons (Fsp3) is 0.214. The maximum Gasteiger partial charge on any atom is 0.313 e. The van der Waals surface area contributed by atoms with E-state index in [0.717, 1.165) is 5.56 Å². The number of hydrogen-bond acceptors (Lipinski definition) is 5. The van der Waals surface area contributed by atoms with Crippen LogP contribution in [0.5, 0.6) is 0 Å². The highest BCUT2D eigenvalue weighted by Gasteiger charge is 2.21. The SMILES string of the molecule is NCCN(Cc1ccccc1)c1ncc(Cl)cc1[N+](=O)[O-]. The molecule has 1 heterocycles. The Hall–Kier alpha value is -2.18. The lowest BCUT2D eigenvalue weighted by atomic mass is 10.2. The van der Waals surface area contributed by atoms with Gasteiger partial charge in [0, 0.05) is 31.9 Å². The second-order valence-electron chi connectivity index (χ2n) is 4.45. The summed E-state index contributed by atoms with van der Waals surface area (Å²) in [4.78, 5) is 16.6. The first-order chi connectivity index (χ1) is 10.1. The van der Waals surface area contributed by atoms with Crippen molar-refractivity contribution >= 4 is 23.1 Å². The monoisotopic (exact) mass is 306 g/mol. The normalized spacial score (nSPS) is 10.4. The minimum Gasteiger partial charge on any atom is -0.345 e. The molecule has 0 aliphatic heterocycles. The Kier molecular flexibility index (Phi) is 5.08. The van der Waals surface area contributed by atoms with Crippen LogP contribution >= 0.6 is 11.6 Å². The number of rotatable bonds is 6. The molecule has 0 bridgehead atoms. The van der Waals surface area contributed by atoms with Crippen LogP contribution in [0.3, 0.4) is 0 Å². The van der Waals surface area contributed by atoms with E-state index in [9.17, 15) is 10.1 Å². The molecule has 0 atom stereocenters. The molecule has 0 aliphatic carbocycles. The molecule has 2 rings (SSSR count). The van der Waals surface area contributed by atoms with Gasteiger partial charge in [-0.1, -0.05) is 41.9 Å². The number of benzene rings is 1. The zero-order chi connectivity index (χ0) is 15.2. The topological polar surface area (TPSA) is 85.3 Å². The molecule has 0 aliphatic rings. The minimum absolute atomic E-state index is 0.119. The van der Waals surface area contributed by atoms with Crippen LogP contribution in [0.2, 0.25) is 5.02 Å². The van der Waals surface area contributed by atoms with Crippen molar-refractivity contribution in [3.63, 3.8) is 0 Å². The first-order valence-corrected chi connectivity index (χ1v) is 6.78. The van der Waals surface area contributed by atoms with E-state index in [2.05, 4.69) is 4.98 Å². The lowest BCUT2D eigenvalue weighted by molar-refractivity contribution is -0.384. The van der Waals surface area contributed by atoms with E-state index in [1.165, 1.54) is 12.3 Å². The number of pyridine rings is 1. The van der Waals surface area contributed by atoms with Gasteiger partial charge in [0.05, 0.1) is 9.95 Å². The Bertz CT molecular complexity index is 622. The highest BCUT2D eigenvalue weighted by Crippen LogP contribution is 2.29. The molecule has 1 aromatic heterocycles. The van der Waals surface area contributed by atoms with Crippen LogP contribution < -0.4 is 10.6 Å². The van der Waals surface area contributed by atoms with E-state index in [-0.39, 0.29) is 16.5 Å². The minimum atomic E-state index is -0.483. The van der Waals surface area contributed by atoms with Crippen molar-refractivity contribution in [2.45, 2.75) is 6.54 Å². The summed E-state index contributed by atoms with van der Waals surface area (Å²) in [6, 6.07) is 11.0. The predicted molar refractivity (Wildman–Crippen MR) is 82.4 cm³/mol. The molecule has 2 aromatic rings. The molecular formula is C14H15ClN4O2. The molecule has 1 aromatic carbocycles. The quantitative estimate of drug-likeness (QED) is 0.655. The molecule has 0 radical (unpaired) electrons. The van der Waals surface area contributed by atoms with Gasteiger partial charge >= 0.3 is 5.69 Å². The summed E-state index contributed by atoms with van der Waals surface area (Å²) in [5.74, 6) is 0.277. The Morgan fingerprint density at radius 1 is 1.33 bits per heavy atom. The third-order valence-electron chi connectivity index (χ3n) is 2.93. The molecule has 21 heavy (non-hydrogen) atoms. The molecule has 0 saturated carbocycles. The molecular weight excluding hydrogens is 292 g/mol. The molecule has 0 unspecified atom stereocenters. The smallest absolute Gasteiger partial charge is 0.313 e. The lowest BCUT2D eigenvalue weighted by Crippen LogP contribution is -2.30. The van der Waals surface area contributed by atoms with Crippen molar-refractivity contribution in [1.29, 1.82) is 0 Å². The third kappa shape index (κ3) is 3.90. The lowest BCUT2D eigenvalue weighted by Gasteiger charge is -2.22. The highest BCUT2D eigenvalue weighted by atomic mass is 35.5. The molecule has 7 heteroatoms. The van der Waals surface area contributed by atoms with Gasteiger partial charge in [0.1, 0.15) is 0 Å². The molecule has 0 fully saturated rings. The summed E-state index contributed by atoms with van der Waals surface area (Å²) in [6.45, 7) is 1.33. The van der Waals surface area contributed by atoms with Crippen molar-refractivity contribution in [3.05, 3.63) is 63.3 Å². The molecule has 6 nitrogen and oxygen atoms in total. The number of anilines is 1. The van der Waals surface area contributed by atoms with Crippen LogP contribution in [0.1, 0.15) is 5.56 Å². The van der Waals surface area contributed by atoms with E-state index in [4.69, 9.17) is 17.3 Å². The molecule has 0 spiro atoms. The Morgan fingerprint density at radius 2 is 2.05 bits per heavy atom. The number of aromatic nitrogens is 1. The first-order valence-electron chi connectivity index (χ1n) is 6.40. The zero-order valence-corrected chi connectivity index (χ0v) is 12.0. The van der Waals surface area contributed by atoms with E-state index >= 15 is 0 Å². The van der Waals surface area contributed by atoms with Gasteiger partial charge in [0.2, 0.25) is 5.82 Å². The number of hydrogen-bond donors (Lipinski definition) is 1. The largest absolute Gasteiger partial charge is 0.345 e. The number of nitrogens with zero attached hydrogens (tertiary/aromatic N) is 3. The molecule has 0 amide bonds. The number of nitrogens with two attached hydrogens (primary N) is 1. The van der Waals surface area contributed by atoms with Gasteiger partial charge in [-0.25, -0.2) is 4.98 Å². The van der Waals surface area contributed by atoms with Crippen LogP contribution in [-0.2, 0) is 6.54 Å². The second-order valence-corrected chi connectivity index (χ2v) is 4.89. The van der Waals surface area contributed by atoms with Crippen molar-refractivity contribution in [1.82, 2.24) is 4.98 Å². The van der Waals surface area contributed by atoms with E-state index < -0.39 is 4.92 Å². The summed E-state index contributed by atoms with van der Waals surface area (Å²) in [7, 11) is 0. The maximum atomic E-state index is 11.2. The standard InChI is InChI=1S/C14H15ClN4O2/c15-12-8-13(19(20)21)14(17-9-12)18(7-6-16)10-11-4-2-1-3-5-11/h1-5,8-9H,6-7,10,16H2. The summed E-state index contributed by atoms with van der Waals surface area (Å²) < 4.78 is 0. The van der Waals surface area contributed by atoms with Crippen molar-refractivity contribution in [2.75, 3.05) is 18.0 Å². The Balaban J connectivity index is 2.36. The number of nitro groups is 1. The van der Waals surface area contributed by atoms with Crippen molar-refractivity contribution < 1.29 is 4.92 Å². The second kappa shape index (κ2) is 7.01.